The maximum atomic E-state index is 11.9. The average molecular weight is 339 g/mol. The molecule has 3 amide bonds. The highest BCUT2D eigenvalue weighted by Crippen LogP contribution is 2.21. The van der Waals surface area contributed by atoms with E-state index in [2.05, 4.69) is 5.32 Å². The molecular weight excluding hydrogens is 306 g/mol. The van der Waals surface area contributed by atoms with Crippen LogP contribution in [-0.2, 0) is 14.4 Å². The van der Waals surface area contributed by atoms with Gasteiger partial charge in [0.1, 0.15) is 0 Å². The van der Waals surface area contributed by atoms with E-state index < -0.39 is 0 Å². The third-order valence-electron chi connectivity index (χ3n) is 4.88. The monoisotopic (exact) mass is 339 g/mol. The molecule has 6 heteroatoms. The number of nitrogens with two attached hydrogens (primary N) is 2. The van der Waals surface area contributed by atoms with E-state index >= 15 is 0 Å². The minimum Gasteiger partial charge on any atom is -0.370 e. The van der Waals surface area contributed by atoms with Gasteiger partial charge in [0.15, 0.2) is 0 Å². The second-order valence-corrected chi connectivity index (χ2v) is 6.93. The molecule has 1 heterocycles. The zero-order valence-corrected chi connectivity index (χ0v) is 14.7. The fraction of sp³-hybridized carbons (Fsp3) is 0.833. The number of primary amides is 2. The predicted octanol–water partition coefficient (Wildman–Crippen LogP) is 2.00. The Bertz CT molecular complexity index is 412. The molecule has 0 bridgehead atoms. The zero-order valence-electron chi connectivity index (χ0n) is 14.7. The summed E-state index contributed by atoms with van der Waals surface area (Å²) in [4.78, 5) is 34.0. The van der Waals surface area contributed by atoms with Crippen LogP contribution in [0, 0.1) is 11.8 Å². The lowest BCUT2D eigenvalue weighted by Crippen LogP contribution is -2.28. The standard InChI is InChI=1S/C18H33N3O3/c19-16(22)12-7-11-14(17(20)23)8-3-1-2-4-9-15-10-5-6-13-21-18(15)24/h14-15H,1-13H2,(H2,19,22)(H2,20,23)(H,21,24). The Labute approximate surface area is 145 Å². The van der Waals surface area contributed by atoms with E-state index in [1.165, 1.54) is 0 Å². The number of rotatable bonds is 12. The van der Waals surface area contributed by atoms with Gasteiger partial charge in [0.25, 0.3) is 0 Å². The Morgan fingerprint density at radius 3 is 2.46 bits per heavy atom. The lowest BCUT2D eigenvalue weighted by Gasteiger charge is -2.14. The average Bonchev–Trinajstić information content (AvgIpc) is 2.73. The molecule has 1 rings (SSSR count). The SMILES string of the molecule is NC(=O)CCCC(CCCCCCC1CCCCNC1=O)C(N)=O. The van der Waals surface area contributed by atoms with Crippen LogP contribution in [0.4, 0.5) is 0 Å². The van der Waals surface area contributed by atoms with Gasteiger partial charge in [0.05, 0.1) is 0 Å². The molecule has 1 aliphatic rings. The van der Waals surface area contributed by atoms with E-state index in [9.17, 15) is 14.4 Å². The van der Waals surface area contributed by atoms with Gasteiger partial charge in [-0.15, -0.1) is 0 Å². The summed E-state index contributed by atoms with van der Waals surface area (Å²) in [6, 6.07) is 0. The molecule has 2 atom stereocenters. The summed E-state index contributed by atoms with van der Waals surface area (Å²) >= 11 is 0. The molecule has 6 nitrogen and oxygen atoms in total. The topological polar surface area (TPSA) is 115 Å². The first-order chi connectivity index (χ1) is 11.5. The first-order valence-electron chi connectivity index (χ1n) is 9.36. The van der Waals surface area contributed by atoms with Crippen LogP contribution in [0.1, 0.15) is 77.0 Å². The van der Waals surface area contributed by atoms with E-state index in [4.69, 9.17) is 11.5 Å². The molecule has 138 valence electrons. The summed E-state index contributed by atoms with van der Waals surface area (Å²) in [6.45, 7) is 0.819. The van der Waals surface area contributed by atoms with Gasteiger partial charge in [-0.2, -0.15) is 0 Å². The Kier molecular flexibility index (Phi) is 10.1. The van der Waals surface area contributed by atoms with Gasteiger partial charge in [0.2, 0.25) is 17.7 Å². The van der Waals surface area contributed by atoms with Crippen LogP contribution in [0.5, 0.6) is 0 Å². The quantitative estimate of drug-likeness (QED) is 0.472. The first kappa shape index (κ1) is 20.5. The molecule has 0 aromatic heterocycles. The van der Waals surface area contributed by atoms with Gasteiger partial charge >= 0.3 is 0 Å². The van der Waals surface area contributed by atoms with Crippen molar-refractivity contribution in [2.24, 2.45) is 23.3 Å². The highest BCUT2D eigenvalue weighted by atomic mass is 16.2. The van der Waals surface area contributed by atoms with Crippen LogP contribution < -0.4 is 16.8 Å². The van der Waals surface area contributed by atoms with Crippen LogP contribution in [0.3, 0.4) is 0 Å². The Hall–Kier alpha value is -1.59. The molecule has 0 radical (unpaired) electrons. The number of hydrogen-bond acceptors (Lipinski definition) is 3. The maximum Gasteiger partial charge on any atom is 0.223 e. The summed E-state index contributed by atoms with van der Waals surface area (Å²) in [7, 11) is 0. The van der Waals surface area contributed by atoms with E-state index in [-0.39, 0.29) is 29.6 Å². The summed E-state index contributed by atoms with van der Waals surface area (Å²) in [5.74, 6) is -0.372. The van der Waals surface area contributed by atoms with Crippen molar-refractivity contribution in [2.45, 2.75) is 77.0 Å². The molecule has 0 saturated carbocycles. The smallest absolute Gasteiger partial charge is 0.223 e. The third kappa shape index (κ3) is 8.89. The highest BCUT2D eigenvalue weighted by Gasteiger charge is 2.20. The Morgan fingerprint density at radius 2 is 1.75 bits per heavy atom. The first-order valence-corrected chi connectivity index (χ1v) is 9.36. The molecule has 0 aromatic rings. The van der Waals surface area contributed by atoms with Gasteiger partial charge in [-0.05, 0) is 38.5 Å². The molecule has 2 unspecified atom stereocenters. The third-order valence-corrected chi connectivity index (χ3v) is 4.88. The molecule has 1 fully saturated rings. The summed E-state index contributed by atoms with van der Waals surface area (Å²) < 4.78 is 0. The van der Waals surface area contributed by atoms with Crippen LogP contribution in [0.2, 0.25) is 0 Å². The summed E-state index contributed by atoms with van der Waals surface area (Å²) in [5.41, 5.74) is 10.5. The number of hydrogen-bond donors (Lipinski definition) is 3. The van der Waals surface area contributed by atoms with Crippen molar-refractivity contribution in [3.05, 3.63) is 0 Å². The van der Waals surface area contributed by atoms with E-state index in [0.29, 0.717) is 19.3 Å². The van der Waals surface area contributed by atoms with Crippen molar-refractivity contribution in [1.82, 2.24) is 5.32 Å². The lowest BCUT2D eigenvalue weighted by atomic mass is 9.93. The summed E-state index contributed by atoms with van der Waals surface area (Å²) in [6.07, 6.45) is 10.7. The predicted molar refractivity (Wildman–Crippen MR) is 93.8 cm³/mol. The number of nitrogens with one attached hydrogen (secondary N) is 1. The van der Waals surface area contributed by atoms with Gasteiger partial charge < -0.3 is 16.8 Å². The fourth-order valence-corrected chi connectivity index (χ4v) is 3.36. The van der Waals surface area contributed by atoms with Gasteiger partial charge in [-0.25, -0.2) is 0 Å². The molecule has 0 spiro atoms. The number of amides is 3. The fourth-order valence-electron chi connectivity index (χ4n) is 3.36. The molecule has 0 aromatic carbocycles. The van der Waals surface area contributed by atoms with Crippen LogP contribution >= 0.6 is 0 Å². The number of carbonyl (C=O) groups is 3. The van der Waals surface area contributed by atoms with Gasteiger partial charge in [0, 0.05) is 24.8 Å². The van der Waals surface area contributed by atoms with Crippen molar-refractivity contribution in [1.29, 1.82) is 0 Å². The molecule has 5 N–H and O–H groups in total. The van der Waals surface area contributed by atoms with Crippen molar-refractivity contribution < 1.29 is 14.4 Å². The van der Waals surface area contributed by atoms with Crippen LogP contribution in [-0.4, -0.2) is 24.3 Å². The van der Waals surface area contributed by atoms with Crippen LogP contribution in [0.25, 0.3) is 0 Å². The molecule has 1 saturated heterocycles. The Morgan fingerprint density at radius 1 is 1.04 bits per heavy atom. The highest BCUT2D eigenvalue weighted by molar-refractivity contribution is 5.78. The molecule has 24 heavy (non-hydrogen) atoms. The lowest BCUT2D eigenvalue weighted by molar-refractivity contribution is -0.125. The van der Waals surface area contributed by atoms with Crippen molar-refractivity contribution in [2.75, 3.05) is 6.54 Å². The van der Waals surface area contributed by atoms with E-state index in [1.807, 2.05) is 0 Å². The second-order valence-electron chi connectivity index (χ2n) is 6.93. The number of carbonyl (C=O) groups excluding carboxylic acids is 3. The largest absolute Gasteiger partial charge is 0.370 e. The van der Waals surface area contributed by atoms with E-state index in [0.717, 1.165) is 64.3 Å². The molecular formula is C18H33N3O3. The van der Waals surface area contributed by atoms with Crippen LogP contribution in [0.15, 0.2) is 0 Å². The minimum atomic E-state index is -0.333. The van der Waals surface area contributed by atoms with E-state index in [1.54, 1.807) is 0 Å². The normalized spacial score (nSPS) is 19.3. The van der Waals surface area contributed by atoms with Crippen molar-refractivity contribution in [3.63, 3.8) is 0 Å². The zero-order chi connectivity index (χ0) is 17.8. The maximum absolute atomic E-state index is 11.9. The van der Waals surface area contributed by atoms with Crippen molar-refractivity contribution in [3.8, 4) is 0 Å². The summed E-state index contributed by atoms with van der Waals surface area (Å²) in [5, 5.41) is 2.98. The van der Waals surface area contributed by atoms with Gasteiger partial charge in [-0.1, -0.05) is 32.1 Å². The van der Waals surface area contributed by atoms with Gasteiger partial charge in [-0.3, -0.25) is 14.4 Å². The number of unbranched alkanes of at least 4 members (excludes halogenated alkanes) is 3. The minimum absolute atomic E-state index is 0.156. The Balaban J connectivity index is 2.11. The molecule has 0 aliphatic carbocycles. The van der Waals surface area contributed by atoms with Crippen molar-refractivity contribution >= 4 is 17.7 Å². The molecule has 1 aliphatic heterocycles. The second kappa shape index (κ2) is 11.9.